The minimum atomic E-state index is -0.477. The Morgan fingerprint density at radius 3 is 2.72 bits per heavy atom. The molecule has 29 heavy (non-hydrogen) atoms. The molecule has 1 aliphatic rings. The van der Waals surface area contributed by atoms with Gasteiger partial charge in [-0.25, -0.2) is 9.82 Å². The molecule has 4 rings (SSSR count). The molecule has 1 saturated heterocycles. The number of fused-ring (bicyclic) bond motifs is 1. The number of carbonyl (C=O) groups excluding carboxylic acids is 1. The highest BCUT2D eigenvalue weighted by atomic mass is 32.1. The van der Waals surface area contributed by atoms with E-state index in [9.17, 15) is 19.3 Å². The van der Waals surface area contributed by atoms with E-state index in [2.05, 4.69) is 10.5 Å². The number of nitro benzene ring substituents is 1. The van der Waals surface area contributed by atoms with Crippen LogP contribution in [0.25, 0.3) is 10.1 Å². The normalized spacial score (nSPS) is 14.0. The van der Waals surface area contributed by atoms with Crippen LogP contribution in [0.4, 0.5) is 15.8 Å². The van der Waals surface area contributed by atoms with E-state index in [0.717, 1.165) is 30.6 Å². The first-order chi connectivity index (χ1) is 14.0. The zero-order valence-corrected chi connectivity index (χ0v) is 16.1. The molecular weight excluding hydrogens is 395 g/mol. The zero-order valence-electron chi connectivity index (χ0n) is 15.3. The Hall–Kier alpha value is -3.33. The van der Waals surface area contributed by atoms with E-state index in [0.29, 0.717) is 21.5 Å². The van der Waals surface area contributed by atoms with Gasteiger partial charge >= 0.3 is 0 Å². The molecule has 1 N–H and O–H groups in total. The van der Waals surface area contributed by atoms with Gasteiger partial charge in [0.05, 0.1) is 21.7 Å². The van der Waals surface area contributed by atoms with Crippen LogP contribution in [0.1, 0.15) is 28.1 Å². The fourth-order valence-electron chi connectivity index (χ4n) is 3.29. The summed E-state index contributed by atoms with van der Waals surface area (Å²) in [6.45, 7) is 1.72. The number of amides is 1. The van der Waals surface area contributed by atoms with E-state index >= 15 is 0 Å². The molecule has 0 radical (unpaired) electrons. The number of hydrogen-bond acceptors (Lipinski definition) is 6. The number of non-ortho nitro benzene ring substituents is 1. The zero-order chi connectivity index (χ0) is 20.4. The largest absolute Gasteiger partial charge is 0.369 e. The van der Waals surface area contributed by atoms with Crippen LogP contribution in [0.15, 0.2) is 47.6 Å². The van der Waals surface area contributed by atoms with Crippen molar-refractivity contribution < 1.29 is 14.1 Å². The molecule has 2 aromatic carbocycles. The Kier molecular flexibility index (Phi) is 5.22. The summed E-state index contributed by atoms with van der Waals surface area (Å²) in [5, 5.41) is 15.4. The third-order valence-corrected chi connectivity index (χ3v) is 5.85. The summed E-state index contributed by atoms with van der Waals surface area (Å²) >= 11 is 1.22. The molecule has 1 aromatic heterocycles. The molecule has 9 heteroatoms. The molecular formula is C20H17FN4O3S. The molecule has 3 aromatic rings. The number of thiophene rings is 1. The maximum Gasteiger partial charge on any atom is 0.281 e. The number of benzene rings is 2. The fourth-order valence-corrected chi connectivity index (χ4v) is 4.23. The minimum Gasteiger partial charge on any atom is -0.369 e. The first kappa shape index (κ1) is 19.0. The summed E-state index contributed by atoms with van der Waals surface area (Å²) in [6, 6.07) is 10.9. The van der Waals surface area contributed by atoms with Crippen molar-refractivity contribution in [2.24, 2.45) is 5.10 Å². The molecule has 7 nitrogen and oxygen atoms in total. The van der Waals surface area contributed by atoms with Gasteiger partial charge in [-0.05, 0) is 42.7 Å². The maximum atomic E-state index is 14.3. The van der Waals surface area contributed by atoms with Crippen LogP contribution in [-0.2, 0) is 0 Å². The second kappa shape index (κ2) is 7.96. The van der Waals surface area contributed by atoms with Gasteiger partial charge in [-0.1, -0.05) is 6.07 Å². The van der Waals surface area contributed by atoms with E-state index in [1.165, 1.54) is 35.8 Å². The van der Waals surface area contributed by atoms with Crippen molar-refractivity contribution in [3.05, 3.63) is 68.8 Å². The average molecular weight is 412 g/mol. The molecule has 0 unspecified atom stereocenters. The Labute approximate surface area is 169 Å². The smallest absolute Gasteiger partial charge is 0.281 e. The number of carbonyl (C=O) groups is 1. The monoisotopic (exact) mass is 412 g/mol. The molecule has 2 heterocycles. The first-order valence-corrected chi connectivity index (χ1v) is 9.89. The molecule has 1 amide bonds. The van der Waals surface area contributed by atoms with Crippen LogP contribution >= 0.6 is 11.3 Å². The lowest BCUT2D eigenvalue weighted by Gasteiger charge is -2.18. The third-order valence-electron chi connectivity index (χ3n) is 4.73. The Balaban J connectivity index is 1.43. The molecule has 1 fully saturated rings. The predicted octanol–water partition coefficient (Wildman–Crippen LogP) is 4.31. The number of anilines is 1. The van der Waals surface area contributed by atoms with Crippen molar-refractivity contribution in [1.82, 2.24) is 5.43 Å². The summed E-state index contributed by atoms with van der Waals surface area (Å²) in [5.41, 5.74) is 3.51. The second-order valence-corrected chi connectivity index (χ2v) is 7.78. The van der Waals surface area contributed by atoms with E-state index < -0.39 is 10.8 Å². The van der Waals surface area contributed by atoms with E-state index in [1.54, 1.807) is 24.3 Å². The van der Waals surface area contributed by atoms with Crippen molar-refractivity contribution in [2.75, 3.05) is 18.0 Å². The summed E-state index contributed by atoms with van der Waals surface area (Å²) in [7, 11) is 0. The standard InChI is InChI=1S/C20H17FN4O3S/c21-16-9-13(3-5-17(16)24-7-1-2-8-24)12-22-23-20(26)19-11-14-10-15(25(27)28)4-6-18(14)29-19/h3-6,9-12H,1-2,7-8H2,(H,23,26)/b22-12-. The highest BCUT2D eigenvalue weighted by Crippen LogP contribution is 2.29. The van der Waals surface area contributed by atoms with Crippen molar-refractivity contribution in [3.63, 3.8) is 0 Å². The molecule has 0 aliphatic carbocycles. The van der Waals surface area contributed by atoms with Crippen molar-refractivity contribution in [1.29, 1.82) is 0 Å². The number of hydrazone groups is 1. The quantitative estimate of drug-likeness (QED) is 0.384. The molecule has 1 aliphatic heterocycles. The summed E-state index contributed by atoms with van der Waals surface area (Å²) in [6.07, 6.45) is 3.52. The average Bonchev–Trinajstić information content (AvgIpc) is 3.37. The lowest BCUT2D eigenvalue weighted by molar-refractivity contribution is -0.384. The predicted molar refractivity (Wildman–Crippen MR) is 111 cm³/mol. The Morgan fingerprint density at radius 1 is 1.21 bits per heavy atom. The summed E-state index contributed by atoms with van der Waals surface area (Å²) < 4.78 is 15.1. The van der Waals surface area contributed by atoms with Crippen LogP contribution in [0, 0.1) is 15.9 Å². The Bertz CT molecular complexity index is 1120. The van der Waals surface area contributed by atoms with Gasteiger partial charge in [0.25, 0.3) is 11.6 Å². The Morgan fingerprint density at radius 2 is 2.00 bits per heavy atom. The van der Waals surface area contributed by atoms with Crippen molar-refractivity contribution >= 4 is 44.9 Å². The number of rotatable bonds is 5. The highest BCUT2D eigenvalue weighted by Gasteiger charge is 2.16. The van der Waals surface area contributed by atoms with Gasteiger partial charge in [0, 0.05) is 35.3 Å². The third kappa shape index (κ3) is 4.09. The van der Waals surface area contributed by atoms with Crippen LogP contribution < -0.4 is 10.3 Å². The number of halogens is 1. The minimum absolute atomic E-state index is 0.0281. The van der Waals surface area contributed by atoms with Gasteiger partial charge in [-0.2, -0.15) is 5.10 Å². The number of hydrogen-bond donors (Lipinski definition) is 1. The van der Waals surface area contributed by atoms with Gasteiger partial charge in [-0.3, -0.25) is 14.9 Å². The molecule has 0 spiro atoms. The number of nitrogens with one attached hydrogen (secondary N) is 1. The maximum absolute atomic E-state index is 14.3. The van der Waals surface area contributed by atoms with Gasteiger partial charge < -0.3 is 4.90 Å². The number of nitro groups is 1. The lowest BCUT2D eigenvalue weighted by atomic mass is 10.2. The number of nitrogens with zero attached hydrogens (tertiary/aromatic N) is 3. The summed E-state index contributed by atoms with van der Waals surface area (Å²) in [4.78, 5) is 25.1. The van der Waals surface area contributed by atoms with Crippen LogP contribution in [0.5, 0.6) is 0 Å². The van der Waals surface area contributed by atoms with E-state index in [-0.39, 0.29) is 11.5 Å². The molecule has 0 bridgehead atoms. The van der Waals surface area contributed by atoms with E-state index in [1.807, 2.05) is 4.90 Å². The second-order valence-electron chi connectivity index (χ2n) is 6.69. The van der Waals surface area contributed by atoms with Crippen LogP contribution in [0.3, 0.4) is 0 Å². The van der Waals surface area contributed by atoms with Crippen LogP contribution in [0.2, 0.25) is 0 Å². The molecule has 148 valence electrons. The van der Waals surface area contributed by atoms with Crippen LogP contribution in [-0.4, -0.2) is 30.1 Å². The SMILES string of the molecule is O=C(N/N=C\c1ccc(N2CCCC2)c(F)c1)c1cc2cc([N+](=O)[O-])ccc2s1. The lowest BCUT2D eigenvalue weighted by Crippen LogP contribution is -2.19. The summed E-state index contributed by atoms with van der Waals surface area (Å²) in [5.74, 6) is -0.743. The van der Waals surface area contributed by atoms with Gasteiger partial charge in [-0.15, -0.1) is 11.3 Å². The molecule has 0 atom stereocenters. The fraction of sp³-hybridized carbons (Fsp3) is 0.200. The topological polar surface area (TPSA) is 87.8 Å². The molecule has 0 saturated carbocycles. The van der Waals surface area contributed by atoms with E-state index in [4.69, 9.17) is 0 Å². The van der Waals surface area contributed by atoms with Gasteiger partial charge in [0.15, 0.2) is 0 Å². The first-order valence-electron chi connectivity index (χ1n) is 9.07. The highest BCUT2D eigenvalue weighted by molar-refractivity contribution is 7.20. The van der Waals surface area contributed by atoms with Crippen molar-refractivity contribution in [2.45, 2.75) is 12.8 Å². The van der Waals surface area contributed by atoms with Gasteiger partial charge in [0.1, 0.15) is 5.82 Å². The van der Waals surface area contributed by atoms with Gasteiger partial charge in [0.2, 0.25) is 0 Å². The van der Waals surface area contributed by atoms with Crippen molar-refractivity contribution in [3.8, 4) is 0 Å².